The van der Waals surface area contributed by atoms with Crippen molar-refractivity contribution in [1.82, 2.24) is 4.90 Å². The van der Waals surface area contributed by atoms with Gasteiger partial charge in [-0.25, -0.2) is 4.79 Å². The third-order valence-electron chi connectivity index (χ3n) is 2.13. The summed E-state index contributed by atoms with van der Waals surface area (Å²) in [4.78, 5) is 13.2. The molecule has 0 saturated carbocycles. The average molecular weight is 197 g/mol. The Kier molecular flexibility index (Phi) is 4.57. The first-order chi connectivity index (χ1) is 6.33. The lowest BCUT2D eigenvalue weighted by molar-refractivity contribution is -0.170. The van der Waals surface area contributed by atoms with Crippen molar-refractivity contribution >= 4 is 5.97 Å². The van der Waals surface area contributed by atoms with Crippen molar-refractivity contribution in [3.8, 4) is 0 Å². The fourth-order valence-electron chi connectivity index (χ4n) is 0.870. The Bertz CT molecular complexity index is 246. The topological polar surface area (TPSA) is 29.5 Å². The number of carbonyl (C=O) groups excluding carboxylic acids is 1. The van der Waals surface area contributed by atoms with Gasteiger partial charge in [0.05, 0.1) is 0 Å². The van der Waals surface area contributed by atoms with Crippen LogP contribution in [0.5, 0.6) is 0 Å². The first-order valence-corrected chi connectivity index (χ1v) is 4.50. The number of esters is 1. The maximum Gasteiger partial charge on any atom is 0.334 e. The van der Waals surface area contributed by atoms with Gasteiger partial charge in [-0.15, -0.1) is 6.58 Å². The van der Waals surface area contributed by atoms with Crippen LogP contribution in [0.4, 0.5) is 0 Å². The summed E-state index contributed by atoms with van der Waals surface area (Å²) in [5.74, 6) is -0.372. The van der Waals surface area contributed by atoms with Gasteiger partial charge < -0.3 is 4.74 Å². The summed E-state index contributed by atoms with van der Waals surface area (Å²) in [7, 11) is 3.71. The second-order valence-corrected chi connectivity index (χ2v) is 3.73. The number of hydrogen-bond donors (Lipinski definition) is 0. The van der Waals surface area contributed by atoms with Crippen LogP contribution >= 0.6 is 0 Å². The zero-order valence-corrected chi connectivity index (χ0v) is 9.46. The second kappa shape index (κ2) is 4.96. The molecule has 1 atom stereocenters. The Labute approximate surface area is 86.0 Å². The summed E-state index contributed by atoms with van der Waals surface area (Å²) in [5.41, 5.74) is -0.236. The summed E-state index contributed by atoms with van der Waals surface area (Å²) < 4.78 is 5.32. The molecule has 0 aromatic heterocycles. The van der Waals surface area contributed by atoms with Crippen molar-refractivity contribution in [2.24, 2.45) is 0 Å². The molecule has 0 heterocycles. The predicted molar refractivity (Wildman–Crippen MR) is 57.8 cm³/mol. The highest BCUT2D eigenvalue weighted by Gasteiger charge is 2.29. The molecule has 14 heavy (non-hydrogen) atoms. The molecule has 3 heteroatoms. The molecule has 80 valence electrons. The van der Waals surface area contributed by atoms with E-state index in [4.69, 9.17) is 4.74 Å². The van der Waals surface area contributed by atoms with Gasteiger partial charge in [0, 0.05) is 12.0 Å². The largest absolute Gasteiger partial charge is 0.440 e. The van der Waals surface area contributed by atoms with Crippen molar-refractivity contribution in [2.45, 2.75) is 26.0 Å². The molecule has 0 rings (SSSR count). The molecule has 0 bridgehead atoms. The van der Waals surface area contributed by atoms with Crippen LogP contribution < -0.4 is 0 Å². The van der Waals surface area contributed by atoms with E-state index in [2.05, 4.69) is 13.2 Å². The van der Waals surface area contributed by atoms with E-state index >= 15 is 0 Å². The van der Waals surface area contributed by atoms with Crippen LogP contribution in [0.15, 0.2) is 24.8 Å². The molecule has 1 unspecified atom stereocenters. The molecule has 0 radical (unpaired) electrons. The van der Waals surface area contributed by atoms with Crippen LogP contribution in [-0.4, -0.2) is 30.7 Å². The molecule has 0 N–H and O–H groups in total. The minimum Gasteiger partial charge on any atom is -0.440 e. The number of rotatable bonds is 5. The van der Waals surface area contributed by atoms with Gasteiger partial charge in [0.25, 0.3) is 0 Å². The van der Waals surface area contributed by atoms with Gasteiger partial charge in [0.15, 0.2) is 5.72 Å². The zero-order valence-electron chi connectivity index (χ0n) is 9.46. The summed E-state index contributed by atoms with van der Waals surface area (Å²) in [6, 6.07) is 0. The molecule has 0 spiro atoms. The van der Waals surface area contributed by atoms with E-state index in [9.17, 15) is 4.79 Å². The van der Waals surface area contributed by atoms with Crippen molar-refractivity contribution < 1.29 is 9.53 Å². The maximum atomic E-state index is 11.4. The first-order valence-electron chi connectivity index (χ1n) is 4.50. The van der Waals surface area contributed by atoms with Gasteiger partial charge in [-0.2, -0.15) is 0 Å². The fraction of sp³-hybridized carbons (Fsp3) is 0.545. The van der Waals surface area contributed by atoms with Crippen LogP contribution in [0.1, 0.15) is 20.3 Å². The highest BCUT2D eigenvalue weighted by atomic mass is 16.6. The van der Waals surface area contributed by atoms with Crippen molar-refractivity contribution in [1.29, 1.82) is 0 Å². The molecule has 0 fully saturated rings. The SMILES string of the molecule is C=CCC(C)(OC(=O)C(=C)C)N(C)C. The van der Waals surface area contributed by atoms with Crippen molar-refractivity contribution in [3.63, 3.8) is 0 Å². The van der Waals surface area contributed by atoms with Crippen LogP contribution in [0, 0.1) is 0 Å². The lowest BCUT2D eigenvalue weighted by Gasteiger charge is -2.35. The molecule has 0 aliphatic heterocycles. The number of nitrogens with zero attached hydrogens (tertiary/aromatic N) is 1. The molecule has 3 nitrogen and oxygen atoms in total. The highest BCUT2D eigenvalue weighted by Crippen LogP contribution is 2.20. The van der Waals surface area contributed by atoms with E-state index in [0.29, 0.717) is 12.0 Å². The lowest BCUT2D eigenvalue weighted by atomic mass is 10.1. The quantitative estimate of drug-likeness (QED) is 0.292. The van der Waals surface area contributed by atoms with Crippen LogP contribution in [0.25, 0.3) is 0 Å². The minimum absolute atomic E-state index is 0.372. The Hall–Kier alpha value is -1.09. The summed E-state index contributed by atoms with van der Waals surface area (Å²) in [6.45, 7) is 10.7. The smallest absolute Gasteiger partial charge is 0.334 e. The summed E-state index contributed by atoms with van der Waals surface area (Å²) in [5, 5.41) is 0. The molecule has 0 aliphatic carbocycles. The number of ether oxygens (including phenoxy) is 1. The molecular weight excluding hydrogens is 178 g/mol. The van der Waals surface area contributed by atoms with E-state index in [-0.39, 0.29) is 5.97 Å². The third-order valence-corrected chi connectivity index (χ3v) is 2.13. The van der Waals surface area contributed by atoms with Crippen molar-refractivity contribution in [2.75, 3.05) is 14.1 Å². The van der Waals surface area contributed by atoms with Crippen LogP contribution in [0.2, 0.25) is 0 Å². The van der Waals surface area contributed by atoms with Gasteiger partial charge in [0.2, 0.25) is 0 Å². The van der Waals surface area contributed by atoms with E-state index < -0.39 is 5.72 Å². The van der Waals surface area contributed by atoms with Crippen molar-refractivity contribution in [3.05, 3.63) is 24.8 Å². The molecule has 0 aromatic rings. The van der Waals surface area contributed by atoms with E-state index in [0.717, 1.165) is 0 Å². The standard InChI is InChI=1S/C11H19NO2/c1-7-8-11(4,12(5)6)14-10(13)9(2)3/h7H,1-2,8H2,3-6H3. The molecule has 0 aromatic carbocycles. The van der Waals surface area contributed by atoms with E-state index in [1.807, 2.05) is 25.9 Å². The molecular formula is C11H19NO2. The van der Waals surface area contributed by atoms with Crippen LogP contribution in [-0.2, 0) is 9.53 Å². The number of carbonyl (C=O) groups is 1. The zero-order chi connectivity index (χ0) is 11.4. The van der Waals surface area contributed by atoms with Gasteiger partial charge in [-0.05, 0) is 27.9 Å². The minimum atomic E-state index is -0.641. The van der Waals surface area contributed by atoms with E-state index in [1.54, 1.807) is 13.0 Å². The molecule has 0 saturated heterocycles. The third kappa shape index (κ3) is 3.34. The summed E-state index contributed by atoms with van der Waals surface area (Å²) >= 11 is 0. The highest BCUT2D eigenvalue weighted by molar-refractivity contribution is 5.87. The maximum absolute atomic E-state index is 11.4. The number of hydrogen-bond acceptors (Lipinski definition) is 3. The Morgan fingerprint density at radius 2 is 2.07 bits per heavy atom. The Balaban J connectivity index is 4.60. The predicted octanol–water partition coefficient (Wildman–Crippen LogP) is 1.96. The molecule has 0 amide bonds. The van der Waals surface area contributed by atoms with Gasteiger partial charge in [-0.3, -0.25) is 4.90 Å². The summed E-state index contributed by atoms with van der Waals surface area (Å²) in [6.07, 6.45) is 2.31. The lowest BCUT2D eigenvalue weighted by Crippen LogP contribution is -2.45. The normalized spacial score (nSPS) is 14.6. The van der Waals surface area contributed by atoms with Gasteiger partial charge >= 0.3 is 5.97 Å². The van der Waals surface area contributed by atoms with Crippen LogP contribution in [0.3, 0.4) is 0 Å². The first kappa shape index (κ1) is 12.9. The monoisotopic (exact) mass is 197 g/mol. The van der Waals surface area contributed by atoms with E-state index in [1.165, 1.54) is 0 Å². The average Bonchev–Trinajstić information content (AvgIpc) is 2.03. The molecule has 0 aliphatic rings. The van der Waals surface area contributed by atoms with Gasteiger partial charge in [-0.1, -0.05) is 12.7 Å². The second-order valence-electron chi connectivity index (χ2n) is 3.73. The van der Waals surface area contributed by atoms with Gasteiger partial charge in [0.1, 0.15) is 0 Å². The Morgan fingerprint density at radius 3 is 2.36 bits per heavy atom. The Morgan fingerprint density at radius 1 is 1.57 bits per heavy atom. The fourth-order valence-corrected chi connectivity index (χ4v) is 0.870.